The molecule has 2 amide bonds. The third kappa shape index (κ3) is 3.16. The summed E-state index contributed by atoms with van der Waals surface area (Å²) in [4.78, 5) is 24.8. The number of carboxylic acid groups (broad SMARTS) is 1. The van der Waals surface area contributed by atoms with E-state index in [1.54, 1.807) is 7.05 Å². The van der Waals surface area contributed by atoms with E-state index >= 15 is 0 Å². The SMILES string of the molecule is CN(Cc1ccc2nsnc2c1)C(=O)N[C@H](C(=O)O)C1CC1. The summed E-state index contributed by atoms with van der Waals surface area (Å²) in [5.74, 6) is -0.911. The molecule has 1 fully saturated rings. The fourth-order valence-electron chi connectivity index (χ4n) is 2.33. The summed E-state index contributed by atoms with van der Waals surface area (Å²) in [5.41, 5.74) is 2.56. The Morgan fingerprint density at radius 2 is 2.14 bits per heavy atom. The van der Waals surface area contributed by atoms with E-state index < -0.39 is 12.0 Å². The first kappa shape index (κ1) is 14.7. The van der Waals surface area contributed by atoms with Crippen LogP contribution in [0.25, 0.3) is 11.0 Å². The first-order valence-corrected chi connectivity index (χ1v) is 7.73. The average molecular weight is 320 g/mol. The number of hydrogen-bond donors (Lipinski definition) is 2. The number of fused-ring (bicyclic) bond motifs is 1. The highest BCUT2D eigenvalue weighted by atomic mass is 32.1. The van der Waals surface area contributed by atoms with E-state index in [1.807, 2.05) is 18.2 Å². The molecule has 1 aliphatic carbocycles. The van der Waals surface area contributed by atoms with E-state index in [4.69, 9.17) is 5.11 Å². The van der Waals surface area contributed by atoms with Gasteiger partial charge in [0.1, 0.15) is 17.1 Å². The number of aromatic nitrogens is 2. The van der Waals surface area contributed by atoms with E-state index in [9.17, 15) is 9.59 Å². The summed E-state index contributed by atoms with van der Waals surface area (Å²) < 4.78 is 8.30. The molecule has 2 N–H and O–H groups in total. The van der Waals surface area contributed by atoms with Crippen LogP contribution >= 0.6 is 11.7 Å². The fourth-order valence-corrected chi connectivity index (χ4v) is 2.84. The fraction of sp³-hybridized carbons (Fsp3) is 0.429. The number of amides is 2. The van der Waals surface area contributed by atoms with Crippen LogP contribution in [0.4, 0.5) is 4.79 Å². The highest BCUT2D eigenvalue weighted by molar-refractivity contribution is 7.00. The van der Waals surface area contributed by atoms with Gasteiger partial charge in [-0.25, -0.2) is 9.59 Å². The van der Waals surface area contributed by atoms with Crippen LogP contribution in [0.15, 0.2) is 18.2 Å². The van der Waals surface area contributed by atoms with Crippen LogP contribution in [-0.2, 0) is 11.3 Å². The molecule has 0 saturated heterocycles. The summed E-state index contributed by atoms with van der Waals surface area (Å²) in [6.07, 6.45) is 1.71. The number of urea groups is 1. The van der Waals surface area contributed by atoms with Crippen LogP contribution in [0, 0.1) is 5.92 Å². The minimum Gasteiger partial charge on any atom is -0.480 e. The van der Waals surface area contributed by atoms with Crippen LogP contribution in [0.1, 0.15) is 18.4 Å². The Bertz CT molecular complexity index is 713. The van der Waals surface area contributed by atoms with Crippen molar-refractivity contribution >= 4 is 34.8 Å². The van der Waals surface area contributed by atoms with E-state index in [0.29, 0.717) is 6.54 Å². The van der Waals surface area contributed by atoms with Crippen LogP contribution in [0.3, 0.4) is 0 Å². The van der Waals surface area contributed by atoms with Crippen molar-refractivity contribution in [1.82, 2.24) is 19.0 Å². The number of nitrogens with zero attached hydrogens (tertiary/aromatic N) is 3. The van der Waals surface area contributed by atoms with Crippen molar-refractivity contribution in [3.05, 3.63) is 23.8 Å². The van der Waals surface area contributed by atoms with Gasteiger partial charge in [0.05, 0.1) is 11.7 Å². The molecule has 1 aliphatic rings. The molecule has 2 aromatic rings. The quantitative estimate of drug-likeness (QED) is 0.874. The second-order valence-corrected chi connectivity index (χ2v) is 6.07. The van der Waals surface area contributed by atoms with E-state index in [2.05, 4.69) is 14.1 Å². The van der Waals surface area contributed by atoms with E-state index in [0.717, 1.165) is 41.2 Å². The summed E-state index contributed by atoms with van der Waals surface area (Å²) in [5, 5.41) is 11.7. The minimum absolute atomic E-state index is 0.0623. The van der Waals surface area contributed by atoms with Crippen LogP contribution < -0.4 is 5.32 Å². The molecule has 0 bridgehead atoms. The number of hydrogen-bond acceptors (Lipinski definition) is 5. The molecule has 22 heavy (non-hydrogen) atoms. The second kappa shape index (κ2) is 5.88. The van der Waals surface area contributed by atoms with Gasteiger partial charge < -0.3 is 15.3 Å². The lowest BCUT2D eigenvalue weighted by molar-refractivity contribution is -0.139. The Morgan fingerprint density at radius 1 is 1.41 bits per heavy atom. The standard InChI is InChI=1S/C14H16N4O3S/c1-18(14(21)15-12(13(19)20)9-3-4-9)7-8-2-5-10-11(6-8)17-22-16-10/h2,5-6,9,12H,3-4,7H2,1H3,(H,15,21)(H,19,20)/t12-/m0/s1. The summed E-state index contributed by atoms with van der Waals surface area (Å²) in [7, 11) is 1.64. The van der Waals surface area contributed by atoms with Crippen LogP contribution in [0.5, 0.6) is 0 Å². The zero-order valence-electron chi connectivity index (χ0n) is 12.0. The third-order valence-electron chi connectivity index (χ3n) is 3.72. The van der Waals surface area contributed by atoms with Crippen molar-refractivity contribution in [2.75, 3.05) is 7.05 Å². The number of carbonyl (C=O) groups is 2. The molecular weight excluding hydrogens is 304 g/mol. The van der Waals surface area contributed by atoms with Gasteiger partial charge in [0.2, 0.25) is 0 Å². The lowest BCUT2D eigenvalue weighted by atomic mass is 10.2. The number of carbonyl (C=O) groups excluding carboxylic acids is 1. The minimum atomic E-state index is -0.973. The lowest BCUT2D eigenvalue weighted by Gasteiger charge is -2.21. The molecule has 1 aromatic heterocycles. The number of carboxylic acids is 1. The van der Waals surface area contributed by atoms with Gasteiger partial charge in [-0.1, -0.05) is 6.07 Å². The van der Waals surface area contributed by atoms with Gasteiger partial charge in [0.25, 0.3) is 0 Å². The maximum absolute atomic E-state index is 12.1. The van der Waals surface area contributed by atoms with Gasteiger partial charge in [0, 0.05) is 13.6 Å². The molecule has 1 heterocycles. The van der Waals surface area contributed by atoms with Crippen molar-refractivity contribution in [3.63, 3.8) is 0 Å². The number of benzene rings is 1. The van der Waals surface area contributed by atoms with Gasteiger partial charge in [0.15, 0.2) is 0 Å². The average Bonchev–Trinajstić information content (AvgIpc) is 3.21. The van der Waals surface area contributed by atoms with Gasteiger partial charge >= 0.3 is 12.0 Å². The lowest BCUT2D eigenvalue weighted by Crippen LogP contribution is -2.47. The zero-order valence-corrected chi connectivity index (χ0v) is 12.8. The maximum atomic E-state index is 12.1. The van der Waals surface area contributed by atoms with Gasteiger partial charge in [-0.2, -0.15) is 8.75 Å². The molecule has 0 aliphatic heterocycles. The Balaban J connectivity index is 1.63. The van der Waals surface area contributed by atoms with Crippen molar-refractivity contribution in [3.8, 4) is 0 Å². The highest BCUT2D eigenvalue weighted by Crippen LogP contribution is 2.32. The Morgan fingerprint density at radius 3 is 2.82 bits per heavy atom. The molecule has 1 atom stereocenters. The molecular formula is C14H16N4O3S. The molecule has 8 heteroatoms. The molecule has 0 spiro atoms. The molecule has 3 rings (SSSR count). The normalized spacial score (nSPS) is 15.5. The van der Waals surface area contributed by atoms with Crippen molar-refractivity contribution < 1.29 is 14.7 Å². The summed E-state index contributed by atoms with van der Waals surface area (Å²) in [6, 6.07) is 4.47. The third-order valence-corrected chi connectivity index (χ3v) is 4.28. The topological polar surface area (TPSA) is 95.4 Å². The first-order chi connectivity index (χ1) is 10.5. The van der Waals surface area contributed by atoms with E-state index in [-0.39, 0.29) is 11.9 Å². The number of nitrogens with one attached hydrogen (secondary N) is 1. The van der Waals surface area contributed by atoms with Gasteiger partial charge in [-0.3, -0.25) is 0 Å². The molecule has 1 aromatic carbocycles. The first-order valence-electron chi connectivity index (χ1n) is 7.00. The number of aliphatic carboxylic acids is 1. The highest BCUT2D eigenvalue weighted by Gasteiger charge is 2.37. The predicted molar refractivity (Wildman–Crippen MR) is 81.6 cm³/mol. The molecule has 7 nitrogen and oxygen atoms in total. The number of rotatable bonds is 5. The maximum Gasteiger partial charge on any atom is 0.326 e. The van der Waals surface area contributed by atoms with Crippen LogP contribution in [-0.4, -0.2) is 43.8 Å². The zero-order chi connectivity index (χ0) is 15.7. The Hall–Kier alpha value is -2.22. The van der Waals surface area contributed by atoms with Crippen molar-refractivity contribution in [1.29, 1.82) is 0 Å². The predicted octanol–water partition coefficient (Wildman–Crippen LogP) is 1.70. The summed E-state index contributed by atoms with van der Waals surface area (Å²) in [6.45, 7) is 0.385. The van der Waals surface area contributed by atoms with Gasteiger partial charge in [-0.05, 0) is 36.5 Å². The van der Waals surface area contributed by atoms with E-state index in [1.165, 1.54) is 4.90 Å². The summed E-state index contributed by atoms with van der Waals surface area (Å²) >= 11 is 1.15. The van der Waals surface area contributed by atoms with Gasteiger partial charge in [-0.15, -0.1) is 0 Å². The molecule has 0 radical (unpaired) electrons. The van der Waals surface area contributed by atoms with Crippen molar-refractivity contribution in [2.45, 2.75) is 25.4 Å². The van der Waals surface area contributed by atoms with Crippen molar-refractivity contribution in [2.24, 2.45) is 5.92 Å². The Labute approximate surface area is 131 Å². The monoisotopic (exact) mass is 320 g/mol. The molecule has 116 valence electrons. The second-order valence-electron chi connectivity index (χ2n) is 5.55. The largest absolute Gasteiger partial charge is 0.480 e. The molecule has 0 unspecified atom stereocenters. The smallest absolute Gasteiger partial charge is 0.326 e. The Kier molecular flexibility index (Phi) is 3.93. The molecule has 1 saturated carbocycles. The van der Waals surface area contributed by atoms with Crippen LogP contribution in [0.2, 0.25) is 0 Å².